The van der Waals surface area contributed by atoms with Gasteiger partial charge in [-0.3, -0.25) is 14.4 Å². The number of nitrogens with one attached hydrogen (secondary N) is 2. The first-order chi connectivity index (χ1) is 15.7. The van der Waals surface area contributed by atoms with Crippen molar-refractivity contribution in [3.63, 3.8) is 0 Å². The van der Waals surface area contributed by atoms with Crippen LogP contribution in [-0.4, -0.2) is 80.9 Å². The van der Waals surface area contributed by atoms with Crippen LogP contribution in [0, 0.1) is 12.7 Å². The summed E-state index contributed by atoms with van der Waals surface area (Å²) in [5, 5.41) is 4.90. The number of nitrogens with zero attached hydrogens (tertiary/aromatic N) is 2. The molecule has 2 aliphatic heterocycles. The summed E-state index contributed by atoms with van der Waals surface area (Å²) in [5.74, 6) is -2.16. The Bertz CT molecular complexity index is 1000. The summed E-state index contributed by atoms with van der Waals surface area (Å²) in [7, 11) is -3.99. The smallest absolute Gasteiger partial charge is 0.309 e. The molecule has 12 heteroatoms. The number of sulfonamides is 1. The van der Waals surface area contributed by atoms with Gasteiger partial charge in [-0.25, -0.2) is 12.8 Å². The Morgan fingerprint density at radius 3 is 2.64 bits per heavy atom. The zero-order chi connectivity index (χ0) is 24.0. The van der Waals surface area contributed by atoms with Crippen LogP contribution >= 0.6 is 0 Å². The van der Waals surface area contributed by atoms with Crippen LogP contribution in [0.2, 0.25) is 0 Å². The molecule has 1 unspecified atom stereocenters. The molecule has 0 bridgehead atoms. The lowest BCUT2D eigenvalue weighted by Gasteiger charge is -2.34. The van der Waals surface area contributed by atoms with Crippen molar-refractivity contribution in [3.8, 4) is 0 Å². The van der Waals surface area contributed by atoms with E-state index in [-0.39, 0.29) is 36.0 Å². The van der Waals surface area contributed by atoms with Gasteiger partial charge in [-0.05, 0) is 49.9 Å². The molecule has 2 heterocycles. The molecule has 33 heavy (non-hydrogen) atoms. The average molecular weight is 485 g/mol. The van der Waals surface area contributed by atoms with Crippen molar-refractivity contribution >= 4 is 27.7 Å². The van der Waals surface area contributed by atoms with Gasteiger partial charge in [0, 0.05) is 32.6 Å². The molecule has 0 aromatic heterocycles. The van der Waals surface area contributed by atoms with Crippen LogP contribution in [0.4, 0.5) is 4.39 Å². The van der Waals surface area contributed by atoms with E-state index in [1.54, 1.807) is 4.90 Å². The molecule has 182 valence electrons. The van der Waals surface area contributed by atoms with Gasteiger partial charge < -0.3 is 20.3 Å². The number of aryl methyl sites for hydroxylation is 1. The van der Waals surface area contributed by atoms with Crippen LogP contribution in [0.5, 0.6) is 0 Å². The van der Waals surface area contributed by atoms with Gasteiger partial charge in [-0.1, -0.05) is 0 Å². The lowest BCUT2D eigenvalue weighted by atomic mass is 10.2. The van der Waals surface area contributed by atoms with Crippen LogP contribution in [-0.2, 0) is 29.1 Å². The fourth-order valence-electron chi connectivity index (χ4n) is 3.77. The second-order valence-electron chi connectivity index (χ2n) is 8.01. The molecule has 2 aliphatic rings. The topological polar surface area (TPSA) is 125 Å². The van der Waals surface area contributed by atoms with Gasteiger partial charge in [-0.2, -0.15) is 4.31 Å². The number of hydrogen-bond acceptors (Lipinski definition) is 6. The van der Waals surface area contributed by atoms with E-state index < -0.39 is 33.9 Å². The highest BCUT2D eigenvalue weighted by Crippen LogP contribution is 2.23. The van der Waals surface area contributed by atoms with E-state index in [1.807, 2.05) is 0 Å². The van der Waals surface area contributed by atoms with E-state index in [0.717, 1.165) is 16.8 Å². The summed E-state index contributed by atoms with van der Waals surface area (Å²) >= 11 is 0. The molecular weight excluding hydrogens is 455 g/mol. The minimum absolute atomic E-state index is 0.0718. The predicted octanol–water partition coefficient (Wildman–Crippen LogP) is 0.116. The maximum absolute atomic E-state index is 13.6. The first-order valence-electron chi connectivity index (χ1n) is 10.9. The van der Waals surface area contributed by atoms with Gasteiger partial charge in [0.2, 0.25) is 15.9 Å². The zero-order valence-electron chi connectivity index (χ0n) is 18.5. The first kappa shape index (κ1) is 25.1. The summed E-state index contributed by atoms with van der Waals surface area (Å²) in [6, 6.07) is 3.52. The predicted molar refractivity (Wildman–Crippen MR) is 116 cm³/mol. The van der Waals surface area contributed by atoms with Crippen molar-refractivity contribution < 1.29 is 31.9 Å². The molecule has 2 saturated heterocycles. The summed E-state index contributed by atoms with van der Waals surface area (Å²) < 4.78 is 46.3. The van der Waals surface area contributed by atoms with E-state index in [0.29, 0.717) is 39.0 Å². The number of ether oxygens (including phenoxy) is 1. The van der Waals surface area contributed by atoms with Crippen molar-refractivity contribution in [2.45, 2.75) is 43.7 Å². The molecule has 0 aliphatic carbocycles. The van der Waals surface area contributed by atoms with Crippen molar-refractivity contribution in [2.75, 3.05) is 39.3 Å². The number of rotatable bonds is 8. The third kappa shape index (κ3) is 6.27. The third-order valence-electron chi connectivity index (χ3n) is 5.60. The minimum Gasteiger partial charge on any atom is -0.360 e. The maximum atomic E-state index is 13.6. The fraction of sp³-hybridized carbons (Fsp3) is 0.571. The highest BCUT2D eigenvalue weighted by molar-refractivity contribution is 7.89. The van der Waals surface area contributed by atoms with Gasteiger partial charge in [0.05, 0.1) is 18.0 Å². The number of halogens is 1. The lowest BCUT2D eigenvalue weighted by molar-refractivity contribution is -0.140. The van der Waals surface area contributed by atoms with Crippen molar-refractivity contribution in [2.24, 2.45) is 0 Å². The highest BCUT2D eigenvalue weighted by atomic mass is 32.2. The molecule has 1 aromatic rings. The average Bonchev–Trinajstić information content (AvgIpc) is 3.21. The Kier molecular flexibility index (Phi) is 8.38. The zero-order valence-corrected chi connectivity index (χ0v) is 19.3. The van der Waals surface area contributed by atoms with E-state index >= 15 is 0 Å². The normalized spacial score (nSPS) is 19.5. The number of carbonyl (C=O) groups is 3. The minimum atomic E-state index is -3.99. The van der Waals surface area contributed by atoms with Gasteiger partial charge in [0.1, 0.15) is 12.0 Å². The molecule has 1 atom stereocenters. The first-order valence-corrected chi connectivity index (χ1v) is 12.4. The Balaban J connectivity index is 1.50. The largest absolute Gasteiger partial charge is 0.360 e. The Morgan fingerprint density at radius 1 is 1.18 bits per heavy atom. The van der Waals surface area contributed by atoms with Gasteiger partial charge >= 0.3 is 11.8 Å². The Hall–Kier alpha value is -2.57. The number of carbonyl (C=O) groups excluding carboxylic acids is 3. The monoisotopic (exact) mass is 484 g/mol. The number of likely N-dealkylation sites (tertiary alicyclic amines) is 1. The standard InChI is InChI=1S/C21H29FN4O6S/c1-15-13-16(6-7-17(15)22)33(30,31)26-11-4-12-32-19(26)14-24-21(29)20(28)23-8-3-10-25-9-2-5-18(25)27/h6-7,13,19H,2-5,8-12,14H2,1H3,(H,23,28)(H,24,29). The second kappa shape index (κ2) is 11.0. The van der Waals surface area contributed by atoms with Crippen LogP contribution in [0.25, 0.3) is 0 Å². The van der Waals surface area contributed by atoms with Gasteiger partial charge in [-0.15, -0.1) is 0 Å². The molecule has 0 radical (unpaired) electrons. The van der Waals surface area contributed by atoms with Crippen LogP contribution in [0.3, 0.4) is 0 Å². The molecule has 10 nitrogen and oxygen atoms in total. The summed E-state index contributed by atoms with van der Waals surface area (Å²) in [4.78, 5) is 37.4. The van der Waals surface area contributed by atoms with Gasteiger partial charge in [0.15, 0.2) is 0 Å². The van der Waals surface area contributed by atoms with Crippen molar-refractivity contribution in [1.29, 1.82) is 0 Å². The highest BCUT2D eigenvalue weighted by Gasteiger charge is 2.35. The van der Waals surface area contributed by atoms with E-state index in [1.165, 1.54) is 19.1 Å². The summed E-state index contributed by atoms with van der Waals surface area (Å²) in [6.07, 6.45) is 1.38. The summed E-state index contributed by atoms with van der Waals surface area (Å²) in [6.45, 7) is 3.20. The van der Waals surface area contributed by atoms with Crippen LogP contribution in [0.15, 0.2) is 23.1 Å². The molecule has 2 N–H and O–H groups in total. The number of amides is 3. The van der Waals surface area contributed by atoms with E-state index in [2.05, 4.69) is 10.6 Å². The molecule has 3 amide bonds. The van der Waals surface area contributed by atoms with E-state index in [4.69, 9.17) is 4.74 Å². The molecular formula is C21H29FN4O6S. The quantitative estimate of drug-likeness (QED) is 0.399. The maximum Gasteiger partial charge on any atom is 0.309 e. The third-order valence-corrected chi connectivity index (χ3v) is 7.48. The summed E-state index contributed by atoms with van der Waals surface area (Å²) in [5.41, 5.74) is 0.199. The molecule has 1 aromatic carbocycles. The van der Waals surface area contributed by atoms with E-state index in [9.17, 15) is 27.2 Å². The van der Waals surface area contributed by atoms with Crippen molar-refractivity contribution in [1.82, 2.24) is 19.8 Å². The molecule has 2 fully saturated rings. The molecule has 0 spiro atoms. The molecule has 0 saturated carbocycles. The SMILES string of the molecule is Cc1cc(S(=O)(=O)N2CCCOC2CNC(=O)C(=O)NCCCN2CCCC2=O)ccc1F. The Morgan fingerprint density at radius 2 is 1.94 bits per heavy atom. The Labute approximate surface area is 192 Å². The van der Waals surface area contributed by atoms with Crippen LogP contribution in [0.1, 0.15) is 31.2 Å². The van der Waals surface area contributed by atoms with Gasteiger partial charge in [0.25, 0.3) is 0 Å². The second-order valence-corrected chi connectivity index (χ2v) is 9.90. The lowest BCUT2D eigenvalue weighted by Crippen LogP contribution is -2.53. The molecule has 3 rings (SSSR count). The fourth-order valence-corrected chi connectivity index (χ4v) is 5.42. The van der Waals surface area contributed by atoms with Crippen molar-refractivity contribution in [3.05, 3.63) is 29.6 Å². The number of benzene rings is 1. The number of hydrogen-bond donors (Lipinski definition) is 2. The van der Waals surface area contributed by atoms with Crippen LogP contribution < -0.4 is 10.6 Å².